The van der Waals surface area contributed by atoms with Gasteiger partial charge in [-0.05, 0) is 48.4 Å². The Kier molecular flexibility index (Phi) is 7.52. The molecule has 164 valence electrons. The molecule has 0 bridgehead atoms. The van der Waals surface area contributed by atoms with Gasteiger partial charge in [0, 0.05) is 22.6 Å². The number of anilines is 1. The van der Waals surface area contributed by atoms with Crippen molar-refractivity contribution in [3.05, 3.63) is 63.9 Å². The lowest BCUT2D eigenvalue weighted by Crippen LogP contribution is -2.41. The van der Waals surface area contributed by atoms with Crippen LogP contribution in [0.15, 0.2) is 52.2 Å². The smallest absolute Gasteiger partial charge is 0.328 e. The molecule has 9 heteroatoms. The molecule has 1 atom stereocenters. The van der Waals surface area contributed by atoms with Crippen LogP contribution in [0.1, 0.15) is 28.8 Å². The lowest BCUT2D eigenvalue weighted by molar-refractivity contribution is -0.143. The molecule has 0 aliphatic carbocycles. The summed E-state index contributed by atoms with van der Waals surface area (Å²) >= 11 is 1.56. The number of hydrogen-bond acceptors (Lipinski definition) is 7. The first-order valence-corrected chi connectivity index (χ1v) is 10.7. The van der Waals surface area contributed by atoms with Gasteiger partial charge in [-0.3, -0.25) is 14.6 Å². The lowest BCUT2D eigenvalue weighted by atomic mass is 10.1. The molecule has 0 radical (unpaired) electrons. The van der Waals surface area contributed by atoms with E-state index in [1.54, 1.807) is 36.0 Å². The van der Waals surface area contributed by atoms with Crippen LogP contribution in [0.5, 0.6) is 0 Å². The Morgan fingerprint density at radius 3 is 2.72 bits per heavy atom. The molecule has 1 aromatic heterocycles. The number of terminal acetylenes is 1. The van der Waals surface area contributed by atoms with Gasteiger partial charge in [-0.15, -0.1) is 24.1 Å². The number of carbonyl (C=O) groups excluding carboxylic acids is 2. The maximum absolute atomic E-state index is 12.5. The number of methoxy groups -OCH3 is 1. The van der Waals surface area contributed by atoms with Crippen LogP contribution in [0.25, 0.3) is 10.9 Å². The van der Waals surface area contributed by atoms with E-state index in [0.717, 1.165) is 10.5 Å². The number of nitrogens with zero attached hydrogens (tertiary/aromatic N) is 1. The fourth-order valence-corrected chi connectivity index (χ4v) is 3.86. The molecule has 0 saturated carbocycles. The first kappa shape index (κ1) is 22.9. The van der Waals surface area contributed by atoms with Gasteiger partial charge in [0.1, 0.15) is 6.04 Å². The number of H-pyrrole nitrogens is 1. The molecule has 1 heterocycles. The van der Waals surface area contributed by atoms with E-state index < -0.39 is 12.0 Å². The Morgan fingerprint density at radius 1 is 1.28 bits per heavy atom. The minimum absolute atomic E-state index is 0.0858. The fourth-order valence-electron chi connectivity index (χ4n) is 3.02. The zero-order valence-electron chi connectivity index (χ0n) is 17.4. The van der Waals surface area contributed by atoms with Gasteiger partial charge in [0.2, 0.25) is 5.95 Å². The summed E-state index contributed by atoms with van der Waals surface area (Å²) in [5.41, 5.74) is 7.21. The van der Waals surface area contributed by atoms with Crippen molar-refractivity contribution in [3.63, 3.8) is 0 Å². The van der Waals surface area contributed by atoms with E-state index in [1.807, 2.05) is 18.2 Å². The number of aromatic amines is 1. The van der Waals surface area contributed by atoms with Crippen LogP contribution in [-0.4, -0.2) is 35.0 Å². The Bertz CT molecular complexity index is 1230. The monoisotopic (exact) mass is 450 g/mol. The molecule has 3 rings (SSSR count). The van der Waals surface area contributed by atoms with Crippen LogP contribution < -0.4 is 16.6 Å². The van der Waals surface area contributed by atoms with Crippen molar-refractivity contribution in [1.29, 1.82) is 0 Å². The lowest BCUT2D eigenvalue weighted by Gasteiger charge is -2.15. The topological polar surface area (TPSA) is 127 Å². The first-order chi connectivity index (χ1) is 15.4. The average molecular weight is 451 g/mol. The molecule has 0 unspecified atom stereocenters. The van der Waals surface area contributed by atoms with E-state index in [1.165, 1.54) is 7.11 Å². The third kappa shape index (κ3) is 5.68. The number of aromatic nitrogens is 2. The van der Waals surface area contributed by atoms with E-state index in [-0.39, 0.29) is 17.4 Å². The Balaban J connectivity index is 1.63. The number of rotatable bonds is 8. The van der Waals surface area contributed by atoms with Gasteiger partial charge in [0.25, 0.3) is 11.5 Å². The van der Waals surface area contributed by atoms with Gasteiger partial charge < -0.3 is 15.8 Å². The van der Waals surface area contributed by atoms with E-state index >= 15 is 0 Å². The van der Waals surface area contributed by atoms with Crippen molar-refractivity contribution in [1.82, 2.24) is 15.3 Å². The number of nitrogens with two attached hydrogens (primary N) is 1. The summed E-state index contributed by atoms with van der Waals surface area (Å²) < 4.78 is 4.72. The molecule has 3 aromatic rings. The third-order valence-corrected chi connectivity index (χ3v) is 5.76. The summed E-state index contributed by atoms with van der Waals surface area (Å²) in [6.45, 7) is 0. The van der Waals surface area contributed by atoms with Crippen molar-refractivity contribution in [2.45, 2.75) is 29.5 Å². The van der Waals surface area contributed by atoms with Crippen LogP contribution in [0.4, 0.5) is 5.95 Å². The predicted octanol–water partition coefficient (Wildman–Crippen LogP) is 2.48. The largest absolute Gasteiger partial charge is 0.467 e. The van der Waals surface area contributed by atoms with Crippen molar-refractivity contribution in [2.24, 2.45) is 0 Å². The second-order valence-corrected chi connectivity index (χ2v) is 7.96. The van der Waals surface area contributed by atoms with Crippen LogP contribution >= 0.6 is 11.8 Å². The quantitative estimate of drug-likeness (QED) is 0.273. The van der Waals surface area contributed by atoms with Gasteiger partial charge in [0.05, 0.1) is 18.0 Å². The molecule has 4 N–H and O–H groups in total. The number of nitrogens with one attached hydrogen (secondary N) is 2. The van der Waals surface area contributed by atoms with E-state index in [4.69, 9.17) is 16.9 Å². The van der Waals surface area contributed by atoms with Gasteiger partial charge >= 0.3 is 5.97 Å². The van der Waals surface area contributed by atoms with Crippen molar-refractivity contribution < 1.29 is 14.3 Å². The van der Waals surface area contributed by atoms with Gasteiger partial charge in [-0.1, -0.05) is 6.07 Å². The number of amides is 1. The second-order valence-electron chi connectivity index (χ2n) is 6.91. The van der Waals surface area contributed by atoms with E-state index in [9.17, 15) is 14.4 Å². The number of benzene rings is 2. The highest BCUT2D eigenvalue weighted by Crippen LogP contribution is 2.24. The number of esters is 1. The Morgan fingerprint density at radius 2 is 2.03 bits per heavy atom. The first-order valence-electron chi connectivity index (χ1n) is 9.74. The standard InChI is InChI=1S/C23H22N4O4S/c1-3-4-5-19(22(30)31-2)25-20(28)15-7-9-16(10-8-15)32-13-14-6-11-18-17(12-14)21(29)27-23(24)26-18/h1,6-12,19H,4-5,13H2,2H3,(H,25,28)(H3,24,26,27,29)/t19-/m0/s1. The zero-order valence-corrected chi connectivity index (χ0v) is 18.2. The molecule has 0 fully saturated rings. The van der Waals surface area contributed by atoms with Crippen LogP contribution in [-0.2, 0) is 15.3 Å². The Labute approximate surface area is 189 Å². The van der Waals surface area contributed by atoms with Crippen LogP contribution in [0.2, 0.25) is 0 Å². The van der Waals surface area contributed by atoms with Crippen molar-refractivity contribution in [2.75, 3.05) is 12.8 Å². The molecular weight excluding hydrogens is 428 g/mol. The van der Waals surface area contributed by atoms with Crippen molar-refractivity contribution >= 4 is 40.5 Å². The normalized spacial score (nSPS) is 11.5. The third-order valence-electron chi connectivity index (χ3n) is 4.68. The minimum Gasteiger partial charge on any atom is -0.467 e. The number of fused-ring (bicyclic) bond motifs is 1. The molecule has 32 heavy (non-hydrogen) atoms. The van der Waals surface area contributed by atoms with Gasteiger partial charge in [-0.25, -0.2) is 9.78 Å². The highest BCUT2D eigenvalue weighted by Gasteiger charge is 2.21. The average Bonchev–Trinajstić information content (AvgIpc) is 2.80. The SMILES string of the molecule is C#CCC[C@H](NC(=O)c1ccc(SCc2ccc3nc(N)[nH]c(=O)c3c2)cc1)C(=O)OC. The molecule has 0 aliphatic heterocycles. The minimum atomic E-state index is -0.793. The number of thioether (sulfide) groups is 1. The molecule has 1 amide bonds. The van der Waals surface area contributed by atoms with Crippen LogP contribution in [0.3, 0.4) is 0 Å². The van der Waals surface area contributed by atoms with Crippen LogP contribution in [0, 0.1) is 12.3 Å². The maximum Gasteiger partial charge on any atom is 0.328 e. The number of hydrogen-bond donors (Lipinski definition) is 3. The summed E-state index contributed by atoms with van der Waals surface area (Å²) in [6, 6.07) is 11.7. The van der Waals surface area contributed by atoms with E-state index in [2.05, 4.69) is 21.2 Å². The number of nitrogen functional groups attached to an aromatic ring is 1. The molecule has 0 aliphatic rings. The highest BCUT2D eigenvalue weighted by molar-refractivity contribution is 7.98. The van der Waals surface area contributed by atoms with Gasteiger partial charge in [0.15, 0.2) is 0 Å². The molecule has 8 nitrogen and oxygen atoms in total. The molecule has 0 spiro atoms. The highest BCUT2D eigenvalue weighted by atomic mass is 32.2. The maximum atomic E-state index is 12.5. The second kappa shape index (κ2) is 10.5. The van der Waals surface area contributed by atoms with Gasteiger partial charge in [-0.2, -0.15) is 0 Å². The van der Waals surface area contributed by atoms with E-state index in [0.29, 0.717) is 35.1 Å². The fraction of sp³-hybridized carbons (Fsp3) is 0.217. The summed E-state index contributed by atoms with van der Waals surface area (Å²) in [5, 5.41) is 3.14. The summed E-state index contributed by atoms with van der Waals surface area (Å²) in [4.78, 5) is 43.9. The Hall–Kier alpha value is -3.77. The zero-order chi connectivity index (χ0) is 23.1. The van der Waals surface area contributed by atoms with Crippen molar-refractivity contribution in [3.8, 4) is 12.3 Å². The molecule has 0 saturated heterocycles. The molecule has 2 aromatic carbocycles. The number of ether oxygens (including phenoxy) is 1. The predicted molar refractivity (Wildman–Crippen MR) is 124 cm³/mol. The summed E-state index contributed by atoms with van der Waals surface area (Å²) in [7, 11) is 1.26. The summed E-state index contributed by atoms with van der Waals surface area (Å²) in [5.74, 6) is 2.25. The number of carbonyl (C=O) groups is 2. The summed E-state index contributed by atoms with van der Waals surface area (Å²) in [6.07, 6.45) is 5.90. The molecular formula is C23H22N4O4S.